The number of rotatable bonds is 5. The molecule has 1 aromatic heterocycles. The molecule has 2 heterocycles. The van der Waals surface area contributed by atoms with Crippen molar-refractivity contribution in [3.8, 4) is 5.75 Å². The zero-order valence-electron chi connectivity index (χ0n) is 15.1. The van der Waals surface area contributed by atoms with Gasteiger partial charge in [-0.3, -0.25) is 0 Å². The third kappa shape index (κ3) is 3.68. The van der Waals surface area contributed by atoms with Crippen LogP contribution in [0.5, 0.6) is 5.75 Å². The van der Waals surface area contributed by atoms with Crippen molar-refractivity contribution in [3.05, 3.63) is 81.1 Å². The van der Waals surface area contributed by atoms with Gasteiger partial charge in [0.05, 0.1) is 28.5 Å². The maximum absolute atomic E-state index is 12.9. The van der Waals surface area contributed by atoms with Crippen molar-refractivity contribution >= 4 is 38.9 Å². The molecule has 0 atom stereocenters. The summed E-state index contributed by atoms with van der Waals surface area (Å²) in [5, 5.41) is 2.37. The van der Waals surface area contributed by atoms with Gasteiger partial charge in [-0.1, -0.05) is 23.7 Å². The molecule has 0 amide bonds. The Morgan fingerprint density at radius 3 is 2.57 bits per heavy atom. The number of benzene rings is 2. The highest BCUT2D eigenvalue weighted by Crippen LogP contribution is 2.30. The van der Waals surface area contributed by atoms with Gasteiger partial charge in [0.25, 0.3) is 0 Å². The van der Waals surface area contributed by atoms with Crippen molar-refractivity contribution in [1.82, 2.24) is 4.90 Å². The third-order valence-corrected chi connectivity index (χ3v) is 7.63. The van der Waals surface area contributed by atoms with E-state index in [0.717, 1.165) is 18.7 Å². The Morgan fingerprint density at radius 1 is 1.11 bits per heavy atom. The number of ether oxygens (including phenoxy) is 1. The lowest BCUT2D eigenvalue weighted by Gasteiger charge is -2.23. The molecule has 1 aliphatic rings. The Morgan fingerprint density at radius 2 is 1.86 bits per heavy atom. The van der Waals surface area contributed by atoms with Crippen LogP contribution < -0.4 is 4.74 Å². The lowest BCUT2D eigenvalue weighted by Crippen LogP contribution is -2.18. The van der Waals surface area contributed by atoms with Crippen LogP contribution >= 0.6 is 22.9 Å². The van der Waals surface area contributed by atoms with Gasteiger partial charge in [0, 0.05) is 17.6 Å². The van der Waals surface area contributed by atoms with Crippen LogP contribution in [0.3, 0.4) is 0 Å². The number of sulfone groups is 1. The maximum atomic E-state index is 12.9. The molecule has 0 saturated heterocycles. The van der Waals surface area contributed by atoms with Crippen LogP contribution in [-0.4, -0.2) is 20.4 Å². The normalized spacial score (nSPS) is 13.4. The van der Waals surface area contributed by atoms with E-state index in [4.69, 9.17) is 16.3 Å². The number of thiophene rings is 1. The monoisotopic (exact) mass is 431 g/mol. The van der Waals surface area contributed by atoms with Gasteiger partial charge in [0.2, 0.25) is 9.84 Å². The zero-order chi connectivity index (χ0) is 19.7. The summed E-state index contributed by atoms with van der Waals surface area (Å²) in [5.74, 6) is 0.444. The Hall–Kier alpha value is -2.28. The summed E-state index contributed by atoms with van der Waals surface area (Å²) < 4.78 is 30.8. The van der Waals surface area contributed by atoms with Crippen molar-refractivity contribution in [3.63, 3.8) is 0 Å². The molecular weight excluding hydrogens is 414 g/mol. The standard InChI is InChI=1S/C21H18ClNO3S2/c1-26-20-7-6-18(12-19(20)22)28(24,25)17-4-2-15(3-5-17)13-23-10-8-16-9-11-27-21(16)14-23/h2-12H,13-14H2,1H3. The Kier molecular flexibility index (Phi) is 5.19. The van der Waals surface area contributed by atoms with E-state index < -0.39 is 9.84 Å². The van der Waals surface area contributed by atoms with Crippen LogP contribution in [0.2, 0.25) is 5.02 Å². The first-order valence-electron chi connectivity index (χ1n) is 8.63. The molecule has 0 radical (unpaired) electrons. The molecule has 28 heavy (non-hydrogen) atoms. The van der Waals surface area contributed by atoms with Gasteiger partial charge in [0.1, 0.15) is 5.75 Å². The first kappa shape index (κ1) is 19.1. The van der Waals surface area contributed by atoms with E-state index in [2.05, 4.69) is 28.6 Å². The van der Waals surface area contributed by atoms with Crippen LogP contribution in [0.1, 0.15) is 16.0 Å². The molecule has 0 bridgehead atoms. The van der Waals surface area contributed by atoms with Crippen molar-refractivity contribution in [2.75, 3.05) is 7.11 Å². The maximum Gasteiger partial charge on any atom is 0.206 e. The molecule has 3 aromatic rings. The number of halogens is 1. The van der Waals surface area contributed by atoms with E-state index >= 15 is 0 Å². The third-order valence-electron chi connectivity index (χ3n) is 4.64. The average Bonchev–Trinajstić information content (AvgIpc) is 3.16. The molecule has 7 heteroatoms. The van der Waals surface area contributed by atoms with Gasteiger partial charge in [0.15, 0.2) is 0 Å². The topological polar surface area (TPSA) is 46.6 Å². The summed E-state index contributed by atoms with van der Waals surface area (Å²) in [6, 6.07) is 13.6. The van der Waals surface area contributed by atoms with Crippen molar-refractivity contribution in [1.29, 1.82) is 0 Å². The fourth-order valence-corrected chi connectivity index (χ4v) is 5.62. The summed E-state index contributed by atoms with van der Waals surface area (Å²) in [5.41, 5.74) is 2.33. The van der Waals surface area contributed by atoms with Crippen LogP contribution in [0.25, 0.3) is 6.08 Å². The molecule has 0 unspecified atom stereocenters. The predicted octanol–water partition coefficient (Wildman–Crippen LogP) is 5.23. The molecule has 0 spiro atoms. The SMILES string of the molecule is COc1ccc(S(=O)(=O)c2ccc(CN3C=Cc4ccsc4C3)cc2)cc1Cl. The molecule has 4 rings (SSSR count). The summed E-state index contributed by atoms with van der Waals surface area (Å²) in [6.07, 6.45) is 4.20. The molecule has 0 fully saturated rings. The van der Waals surface area contributed by atoms with E-state index in [9.17, 15) is 8.42 Å². The van der Waals surface area contributed by atoms with Crippen molar-refractivity contribution in [2.24, 2.45) is 0 Å². The van der Waals surface area contributed by atoms with E-state index in [1.54, 1.807) is 29.5 Å². The minimum atomic E-state index is -3.63. The van der Waals surface area contributed by atoms with Crippen molar-refractivity contribution < 1.29 is 13.2 Å². The molecule has 0 saturated carbocycles. The van der Waals surface area contributed by atoms with E-state index in [-0.39, 0.29) is 14.8 Å². The van der Waals surface area contributed by atoms with Gasteiger partial charge in [-0.25, -0.2) is 8.42 Å². The number of hydrogen-bond donors (Lipinski definition) is 0. The van der Waals surface area contributed by atoms with Gasteiger partial charge in [-0.2, -0.15) is 0 Å². The van der Waals surface area contributed by atoms with E-state index in [1.807, 2.05) is 12.1 Å². The summed E-state index contributed by atoms with van der Waals surface area (Å²) in [4.78, 5) is 3.95. The largest absolute Gasteiger partial charge is 0.495 e. The smallest absolute Gasteiger partial charge is 0.206 e. The van der Waals surface area contributed by atoms with Crippen molar-refractivity contribution in [2.45, 2.75) is 22.9 Å². The number of nitrogens with zero attached hydrogens (tertiary/aromatic N) is 1. The Bertz CT molecular complexity index is 1130. The summed E-state index contributed by atoms with van der Waals surface area (Å²) in [7, 11) is -2.14. The second kappa shape index (κ2) is 7.62. The second-order valence-corrected chi connectivity index (χ2v) is 9.82. The van der Waals surface area contributed by atoms with Crippen LogP contribution in [0, 0.1) is 0 Å². The molecule has 0 N–H and O–H groups in total. The highest BCUT2D eigenvalue weighted by Gasteiger charge is 2.19. The zero-order valence-corrected chi connectivity index (χ0v) is 17.5. The fourth-order valence-electron chi connectivity index (χ4n) is 3.12. The first-order chi connectivity index (χ1) is 13.5. The fraction of sp³-hybridized carbons (Fsp3) is 0.143. The van der Waals surface area contributed by atoms with Crippen LogP contribution in [-0.2, 0) is 22.9 Å². The Balaban J connectivity index is 1.52. The lowest BCUT2D eigenvalue weighted by atomic mass is 10.1. The number of methoxy groups -OCH3 is 1. The minimum Gasteiger partial charge on any atom is -0.495 e. The lowest BCUT2D eigenvalue weighted by molar-refractivity contribution is 0.363. The second-order valence-electron chi connectivity index (χ2n) is 6.46. The van der Waals surface area contributed by atoms with Gasteiger partial charge in [-0.05, 0) is 59.0 Å². The molecule has 2 aromatic carbocycles. The van der Waals surface area contributed by atoms with Gasteiger partial charge >= 0.3 is 0 Å². The number of fused-ring (bicyclic) bond motifs is 1. The minimum absolute atomic E-state index is 0.148. The Labute approximate surface area is 173 Å². The summed E-state index contributed by atoms with van der Waals surface area (Å²) >= 11 is 7.84. The first-order valence-corrected chi connectivity index (χ1v) is 11.4. The molecule has 0 aliphatic carbocycles. The quantitative estimate of drug-likeness (QED) is 0.555. The molecule has 1 aliphatic heterocycles. The van der Waals surface area contributed by atoms with Gasteiger partial charge in [-0.15, -0.1) is 11.3 Å². The van der Waals surface area contributed by atoms with Crippen LogP contribution in [0.15, 0.2) is 69.9 Å². The van der Waals surface area contributed by atoms with Gasteiger partial charge < -0.3 is 9.64 Å². The molecular formula is C21H18ClNO3S2. The average molecular weight is 432 g/mol. The highest BCUT2D eigenvalue weighted by molar-refractivity contribution is 7.91. The van der Waals surface area contributed by atoms with Crippen LogP contribution in [0.4, 0.5) is 0 Å². The predicted molar refractivity (Wildman–Crippen MR) is 112 cm³/mol. The summed E-state index contributed by atoms with van der Waals surface area (Å²) in [6.45, 7) is 1.59. The van der Waals surface area contributed by atoms with E-state index in [0.29, 0.717) is 5.75 Å². The number of hydrogen-bond acceptors (Lipinski definition) is 5. The molecule has 144 valence electrons. The molecule has 4 nitrogen and oxygen atoms in total. The highest BCUT2D eigenvalue weighted by atomic mass is 35.5. The van der Waals surface area contributed by atoms with E-state index in [1.165, 1.54) is 29.7 Å².